The van der Waals surface area contributed by atoms with Crippen LogP contribution >= 0.6 is 0 Å². The van der Waals surface area contributed by atoms with Gasteiger partial charge in [-0.2, -0.15) is 0 Å². The van der Waals surface area contributed by atoms with E-state index in [4.69, 9.17) is 19.3 Å². The first-order valence-electron chi connectivity index (χ1n) is 15.3. The van der Waals surface area contributed by atoms with Gasteiger partial charge in [-0.15, -0.1) is 0 Å². The Kier molecular flexibility index (Phi) is 26.5. The highest BCUT2D eigenvalue weighted by Crippen LogP contribution is 2.12. The number of hydrogen-bond donors (Lipinski definition) is 5. The Balaban J connectivity index is 3.73. The van der Waals surface area contributed by atoms with E-state index in [0.717, 1.165) is 57.8 Å². The number of aliphatic carboxylic acids is 2. The lowest BCUT2D eigenvalue weighted by Crippen LogP contribution is -2.41. The molecule has 0 radical (unpaired) electrons. The first kappa shape index (κ1) is 39.2. The Morgan fingerprint density at radius 3 is 1.69 bits per heavy atom. The molecule has 42 heavy (non-hydrogen) atoms. The molecular formula is C29H53N3O10. The van der Waals surface area contributed by atoms with Crippen LogP contribution in [0.1, 0.15) is 96.8 Å². The normalized spacial score (nSPS) is 11.5. The van der Waals surface area contributed by atoms with Crippen molar-refractivity contribution in [1.29, 1.82) is 0 Å². The van der Waals surface area contributed by atoms with Crippen molar-refractivity contribution in [1.82, 2.24) is 16.0 Å². The Morgan fingerprint density at radius 2 is 1.12 bits per heavy atom. The molecule has 0 saturated heterocycles. The smallest absolute Gasteiger partial charge is 0.326 e. The van der Waals surface area contributed by atoms with Gasteiger partial charge in [-0.25, -0.2) is 4.79 Å². The highest BCUT2D eigenvalue weighted by atomic mass is 16.5. The van der Waals surface area contributed by atoms with Crippen molar-refractivity contribution < 1.29 is 48.4 Å². The van der Waals surface area contributed by atoms with Crippen LogP contribution < -0.4 is 16.0 Å². The van der Waals surface area contributed by atoms with Crippen LogP contribution in [-0.2, 0) is 38.2 Å². The molecule has 13 heteroatoms. The van der Waals surface area contributed by atoms with E-state index >= 15 is 0 Å². The summed E-state index contributed by atoms with van der Waals surface area (Å²) in [6.45, 7) is 4.24. The van der Waals surface area contributed by atoms with E-state index in [9.17, 15) is 29.1 Å². The summed E-state index contributed by atoms with van der Waals surface area (Å²) in [5, 5.41) is 25.8. The van der Waals surface area contributed by atoms with E-state index in [1.54, 1.807) is 0 Å². The SMILES string of the molecule is CCOCCNC(=O)COCCOCCNC(=O)CC[C@H](NC(=O)CCCCCCCCCCCCC(=O)O)C(=O)O. The first-order chi connectivity index (χ1) is 20.3. The molecule has 0 fully saturated rings. The monoisotopic (exact) mass is 603 g/mol. The van der Waals surface area contributed by atoms with Crippen LogP contribution in [0.15, 0.2) is 0 Å². The second kappa shape index (κ2) is 28.4. The lowest BCUT2D eigenvalue weighted by Gasteiger charge is -2.14. The van der Waals surface area contributed by atoms with E-state index in [0.29, 0.717) is 26.2 Å². The van der Waals surface area contributed by atoms with E-state index < -0.39 is 18.0 Å². The van der Waals surface area contributed by atoms with Crippen molar-refractivity contribution in [3.63, 3.8) is 0 Å². The van der Waals surface area contributed by atoms with Crippen LogP contribution in [0.5, 0.6) is 0 Å². The molecule has 0 aromatic rings. The largest absolute Gasteiger partial charge is 0.481 e. The maximum absolute atomic E-state index is 12.2. The van der Waals surface area contributed by atoms with E-state index in [2.05, 4.69) is 16.0 Å². The van der Waals surface area contributed by atoms with Crippen molar-refractivity contribution >= 4 is 29.7 Å². The molecule has 0 aliphatic heterocycles. The average Bonchev–Trinajstić information content (AvgIpc) is 2.95. The van der Waals surface area contributed by atoms with Gasteiger partial charge in [-0.1, -0.05) is 51.4 Å². The molecule has 5 N–H and O–H groups in total. The molecule has 0 saturated carbocycles. The van der Waals surface area contributed by atoms with Gasteiger partial charge in [-0.3, -0.25) is 19.2 Å². The molecule has 0 rings (SSSR count). The zero-order valence-electron chi connectivity index (χ0n) is 25.3. The van der Waals surface area contributed by atoms with Crippen molar-refractivity contribution in [2.24, 2.45) is 0 Å². The predicted octanol–water partition coefficient (Wildman–Crippen LogP) is 2.40. The Hall–Kier alpha value is -2.77. The minimum Gasteiger partial charge on any atom is -0.481 e. The third kappa shape index (κ3) is 27.4. The van der Waals surface area contributed by atoms with Gasteiger partial charge >= 0.3 is 11.9 Å². The van der Waals surface area contributed by atoms with Crippen LogP contribution in [0.2, 0.25) is 0 Å². The van der Waals surface area contributed by atoms with Crippen LogP contribution in [0.3, 0.4) is 0 Å². The summed E-state index contributed by atoms with van der Waals surface area (Å²) in [5.74, 6) is -2.82. The van der Waals surface area contributed by atoms with Gasteiger partial charge in [0, 0.05) is 39.0 Å². The number of carboxylic acid groups (broad SMARTS) is 2. The number of unbranched alkanes of at least 4 members (excludes halogenated alkanes) is 9. The summed E-state index contributed by atoms with van der Waals surface area (Å²) in [7, 11) is 0. The lowest BCUT2D eigenvalue weighted by molar-refractivity contribution is -0.142. The molecule has 244 valence electrons. The van der Waals surface area contributed by atoms with Crippen molar-refractivity contribution in [3.8, 4) is 0 Å². The fraction of sp³-hybridized carbons (Fsp3) is 0.828. The zero-order valence-corrected chi connectivity index (χ0v) is 25.3. The number of nitrogens with one attached hydrogen (secondary N) is 3. The predicted molar refractivity (Wildman–Crippen MR) is 156 cm³/mol. The molecule has 0 aromatic heterocycles. The molecule has 0 spiro atoms. The Bertz CT molecular complexity index is 751. The fourth-order valence-electron chi connectivity index (χ4n) is 3.97. The van der Waals surface area contributed by atoms with Crippen LogP contribution in [0, 0.1) is 0 Å². The zero-order chi connectivity index (χ0) is 31.3. The third-order valence-electron chi connectivity index (χ3n) is 6.28. The number of carbonyl (C=O) groups excluding carboxylic acids is 3. The van der Waals surface area contributed by atoms with Crippen LogP contribution in [0.4, 0.5) is 0 Å². The van der Waals surface area contributed by atoms with Crippen LogP contribution in [0.25, 0.3) is 0 Å². The van der Waals surface area contributed by atoms with E-state index in [1.807, 2.05) is 6.92 Å². The summed E-state index contributed by atoms with van der Waals surface area (Å²) in [5.41, 5.74) is 0. The Morgan fingerprint density at radius 1 is 0.595 bits per heavy atom. The number of carboxylic acids is 2. The van der Waals surface area contributed by atoms with Gasteiger partial charge in [0.25, 0.3) is 0 Å². The summed E-state index contributed by atoms with van der Waals surface area (Å²) < 4.78 is 15.7. The molecular weight excluding hydrogens is 550 g/mol. The summed E-state index contributed by atoms with van der Waals surface area (Å²) in [6.07, 6.45) is 10.2. The molecule has 0 unspecified atom stereocenters. The van der Waals surface area contributed by atoms with Crippen molar-refractivity contribution in [3.05, 3.63) is 0 Å². The summed E-state index contributed by atoms with van der Waals surface area (Å²) >= 11 is 0. The summed E-state index contributed by atoms with van der Waals surface area (Å²) in [6, 6.07) is -1.12. The fourth-order valence-corrected chi connectivity index (χ4v) is 3.97. The minimum absolute atomic E-state index is 0.00938. The summed E-state index contributed by atoms with van der Waals surface area (Å²) in [4.78, 5) is 57.7. The Labute approximate surface area is 249 Å². The van der Waals surface area contributed by atoms with Gasteiger partial charge in [0.05, 0.1) is 26.4 Å². The molecule has 3 amide bonds. The number of amides is 3. The minimum atomic E-state index is -1.18. The maximum Gasteiger partial charge on any atom is 0.326 e. The molecule has 13 nitrogen and oxygen atoms in total. The average molecular weight is 604 g/mol. The van der Waals surface area contributed by atoms with E-state index in [1.165, 1.54) is 0 Å². The van der Waals surface area contributed by atoms with Gasteiger partial charge < -0.3 is 40.4 Å². The van der Waals surface area contributed by atoms with Crippen LogP contribution in [-0.4, -0.2) is 98.6 Å². The topological polar surface area (TPSA) is 190 Å². The van der Waals surface area contributed by atoms with Gasteiger partial charge in [0.2, 0.25) is 17.7 Å². The number of rotatable bonds is 30. The second-order valence-corrected chi connectivity index (χ2v) is 9.99. The van der Waals surface area contributed by atoms with Gasteiger partial charge in [0.1, 0.15) is 12.6 Å². The number of ether oxygens (including phenoxy) is 3. The number of hydrogen-bond acceptors (Lipinski definition) is 8. The highest BCUT2D eigenvalue weighted by molar-refractivity contribution is 5.84. The second-order valence-electron chi connectivity index (χ2n) is 9.99. The number of carbonyl (C=O) groups is 5. The quantitative estimate of drug-likeness (QED) is 0.0762. The third-order valence-corrected chi connectivity index (χ3v) is 6.28. The molecule has 0 bridgehead atoms. The molecule has 0 aliphatic rings. The standard InChI is InChI=1S/C29H53N3O10/c1-2-40-19-17-31-27(35)23-42-22-21-41-20-18-30-25(33)16-15-24(29(38)39)32-26(34)13-11-9-7-5-3-4-6-8-10-12-14-28(36)37/h24H,2-23H2,1H3,(H,30,33)(H,31,35)(H,32,34)(H,36,37)(H,38,39)/t24-/m0/s1. The van der Waals surface area contributed by atoms with Gasteiger partial charge in [0.15, 0.2) is 0 Å². The van der Waals surface area contributed by atoms with Gasteiger partial charge in [-0.05, 0) is 26.2 Å². The van der Waals surface area contributed by atoms with Crippen molar-refractivity contribution in [2.45, 2.75) is 103 Å². The van der Waals surface area contributed by atoms with E-state index in [-0.39, 0.29) is 76.4 Å². The highest BCUT2D eigenvalue weighted by Gasteiger charge is 2.20. The molecule has 0 heterocycles. The first-order valence-corrected chi connectivity index (χ1v) is 15.3. The molecule has 1 atom stereocenters. The molecule has 0 aliphatic carbocycles. The maximum atomic E-state index is 12.2. The van der Waals surface area contributed by atoms with Crippen molar-refractivity contribution in [2.75, 3.05) is 52.7 Å². The molecule has 0 aromatic carbocycles. The lowest BCUT2D eigenvalue weighted by atomic mass is 10.0.